The molecule has 1 atom stereocenters. The van der Waals surface area contributed by atoms with Crippen LogP contribution in [-0.2, 0) is 4.74 Å². The molecule has 2 N–H and O–H groups in total. The number of esters is 1. The van der Waals surface area contributed by atoms with Gasteiger partial charge in [0.25, 0.3) is 0 Å². The van der Waals surface area contributed by atoms with E-state index in [2.05, 4.69) is 0 Å². The third kappa shape index (κ3) is 2.34. The van der Waals surface area contributed by atoms with Crippen molar-refractivity contribution in [2.45, 2.75) is 26.8 Å². The van der Waals surface area contributed by atoms with E-state index in [0.717, 1.165) is 0 Å². The second-order valence-corrected chi connectivity index (χ2v) is 4.86. The number of carbonyl (C=O) groups excluding carboxylic acids is 2. The zero-order valence-corrected chi connectivity index (χ0v) is 11.8. The summed E-state index contributed by atoms with van der Waals surface area (Å²) in [7, 11) is 0. The minimum absolute atomic E-state index is 0.0399. The van der Waals surface area contributed by atoms with Gasteiger partial charge in [-0.1, -0.05) is 13.8 Å². The SMILES string of the molecule is CCOC(=O)c1cc2occc2n1C(=O)C(N)C(C)C. The quantitative estimate of drug-likeness (QED) is 0.865. The fraction of sp³-hybridized carbons (Fsp3) is 0.429. The van der Waals surface area contributed by atoms with Crippen molar-refractivity contribution in [2.75, 3.05) is 6.61 Å². The van der Waals surface area contributed by atoms with Gasteiger partial charge >= 0.3 is 5.97 Å². The predicted octanol–water partition coefficient (Wildman–Crippen LogP) is 2.03. The lowest BCUT2D eigenvalue weighted by Gasteiger charge is -2.16. The van der Waals surface area contributed by atoms with E-state index in [1.54, 1.807) is 13.0 Å². The van der Waals surface area contributed by atoms with Crippen LogP contribution in [0.4, 0.5) is 0 Å². The molecule has 2 aromatic rings. The topological polar surface area (TPSA) is 87.5 Å². The molecule has 6 heteroatoms. The summed E-state index contributed by atoms with van der Waals surface area (Å²) in [5, 5.41) is 0. The number of aromatic nitrogens is 1. The van der Waals surface area contributed by atoms with Crippen LogP contribution < -0.4 is 5.73 Å². The molecule has 2 rings (SSSR count). The number of fused-ring (bicyclic) bond motifs is 1. The fourth-order valence-electron chi connectivity index (χ4n) is 1.95. The highest BCUT2D eigenvalue weighted by molar-refractivity contribution is 6.03. The van der Waals surface area contributed by atoms with Gasteiger partial charge in [-0.25, -0.2) is 4.79 Å². The summed E-state index contributed by atoms with van der Waals surface area (Å²) in [6.07, 6.45) is 1.46. The highest BCUT2D eigenvalue weighted by atomic mass is 16.5. The molecule has 0 amide bonds. The molecule has 0 bridgehead atoms. The summed E-state index contributed by atoms with van der Waals surface area (Å²) >= 11 is 0. The number of rotatable bonds is 4. The fourth-order valence-corrected chi connectivity index (χ4v) is 1.95. The second kappa shape index (κ2) is 5.50. The Morgan fingerprint density at radius 2 is 2.15 bits per heavy atom. The van der Waals surface area contributed by atoms with Crippen molar-refractivity contribution in [3.05, 3.63) is 24.1 Å². The van der Waals surface area contributed by atoms with Crippen LogP contribution >= 0.6 is 0 Å². The molecule has 0 aliphatic carbocycles. The summed E-state index contributed by atoms with van der Waals surface area (Å²) in [6, 6.07) is 2.43. The van der Waals surface area contributed by atoms with Gasteiger partial charge in [-0.15, -0.1) is 0 Å². The lowest BCUT2D eigenvalue weighted by Crippen LogP contribution is -2.40. The zero-order chi connectivity index (χ0) is 14.9. The molecule has 0 aliphatic heterocycles. The molecule has 1 unspecified atom stereocenters. The zero-order valence-electron chi connectivity index (χ0n) is 11.8. The van der Waals surface area contributed by atoms with Gasteiger partial charge in [0.1, 0.15) is 5.69 Å². The summed E-state index contributed by atoms with van der Waals surface area (Å²) in [6.45, 7) is 5.64. The van der Waals surface area contributed by atoms with Crippen LogP contribution in [0.25, 0.3) is 11.1 Å². The van der Waals surface area contributed by atoms with E-state index in [1.165, 1.54) is 16.9 Å². The van der Waals surface area contributed by atoms with Crippen molar-refractivity contribution >= 4 is 23.0 Å². The molecule has 20 heavy (non-hydrogen) atoms. The Morgan fingerprint density at radius 3 is 2.75 bits per heavy atom. The van der Waals surface area contributed by atoms with Crippen LogP contribution in [0.1, 0.15) is 36.1 Å². The van der Waals surface area contributed by atoms with Gasteiger partial charge in [0.15, 0.2) is 5.58 Å². The average Bonchev–Trinajstić information content (AvgIpc) is 2.96. The van der Waals surface area contributed by atoms with Gasteiger partial charge < -0.3 is 14.9 Å². The van der Waals surface area contributed by atoms with Crippen LogP contribution in [0.5, 0.6) is 0 Å². The highest BCUT2D eigenvalue weighted by Crippen LogP contribution is 2.23. The molecular weight excluding hydrogens is 260 g/mol. The first-order valence-corrected chi connectivity index (χ1v) is 6.53. The lowest BCUT2D eigenvalue weighted by molar-refractivity contribution is 0.0507. The minimum atomic E-state index is -0.700. The number of hydrogen-bond donors (Lipinski definition) is 1. The standard InChI is InChI=1S/C14H18N2O4/c1-4-19-14(18)10-7-11-9(5-6-20-11)16(10)13(17)12(15)8(2)3/h5-8,12H,4,15H2,1-3H3. The highest BCUT2D eigenvalue weighted by Gasteiger charge is 2.27. The van der Waals surface area contributed by atoms with E-state index in [4.69, 9.17) is 14.9 Å². The first-order chi connectivity index (χ1) is 9.47. The smallest absolute Gasteiger partial charge is 0.355 e. The van der Waals surface area contributed by atoms with Crippen LogP contribution in [0, 0.1) is 5.92 Å². The third-order valence-electron chi connectivity index (χ3n) is 3.13. The first kappa shape index (κ1) is 14.3. The molecule has 0 aromatic carbocycles. The maximum Gasteiger partial charge on any atom is 0.355 e. The first-order valence-electron chi connectivity index (χ1n) is 6.53. The Morgan fingerprint density at radius 1 is 1.45 bits per heavy atom. The molecular formula is C14H18N2O4. The van der Waals surface area contributed by atoms with E-state index >= 15 is 0 Å². The van der Waals surface area contributed by atoms with Crippen LogP contribution in [-0.4, -0.2) is 29.1 Å². The van der Waals surface area contributed by atoms with Crippen LogP contribution in [0.3, 0.4) is 0 Å². The molecule has 2 aromatic heterocycles. The van der Waals surface area contributed by atoms with E-state index < -0.39 is 12.0 Å². The Balaban J connectivity index is 2.53. The molecule has 0 saturated carbocycles. The van der Waals surface area contributed by atoms with E-state index in [0.29, 0.717) is 11.1 Å². The Hall–Kier alpha value is -2.08. The van der Waals surface area contributed by atoms with Crippen molar-refractivity contribution in [1.82, 2.24) is 4.57 Å². The van der Waals surface area contributed by atoms with Gasteiger partial charge in [0.05, 0.1) is 24.4 Å². The number of carbonyl (C=O) groups is 2. The number of furan rings is 1. The molecule has 2 heterocycles. The van der Waals surface area contributed by atoms with Gasteiger partial charge in [0.2, 0.25) is 5.91 Å². The largest absolute Gasteiger partial charge is 0.463 e. The number of nitrogens with two attached hydrogens (primary N) is 1. The molecule has 6 nitrogen and oxygen atoms in total. The van der Waals surface area contributed by atoms with Crippen LogP contribution in [0.2, 0.25) is 0 Å². The monoisotopic (exact) mass is 278 g/mol. The summed E-state index contributed by atoms with van der Waals surface area (Å²) in [5.41, 5.74) is 7.02. The Bertz CT molecular complexity index is 639. The average molecular weight is 278 g/mol. The number of ether oxygens (including phenoxy) is 1. The molecule has 0 radical (unpaired) electrons. The third-order valence-corrected chi connectivity index (χ3v) is 3.13. The Kier molecular flexibility index (Phi) is 3.94. The van der Waals surface area contributed by atoms with Crippen molar-refractivity contribution in [1.29, 1.82) is 0 Å². The van der Waals surface area contributed by atoms with E-state index in [9.17, 15) is 9.59 Å². The minimum Gasteiger partial charge on any atom is -0.463 e. The number of nitrogens with zero attached hydrogens (tertiary/aromatic N) is 1. The van der Waals surface area contributed by atoms with Gasteiger partial charge in [0, 0.05) is 12.1 Å². The van der Waals surface area contributed by atoms with Crippen molar-refractivity contribution in [2.24, 2.45) is 11.7 Å². The van der Waals surface area contributed by atoms with E-state index in [-0.39, 0.29) is 24.1 Å². The summed E-state index contributed by atoms with van der Waals surface area (Å²) in [5.74, 6) is -0.954. The van der Waals surface area contributed by atoms with Crippen molar-refractivity contribution < 1.29 is 18.7 Å². The molecule has 0 fully saturated rings. The maximum absolute atomic E-state index is 12.5. The van der Waals surface area contributed by atoms with Crippen molar-refractivity contribution in [3.63, 3.8) is 0 Å². The van der Waals surface area contributed by atoms with Crippen molar-refractivity contribution in [3.8, 4) is 0 Å². The van der Waals surface area contributed by atoms with Gasteiger partial charge in [-0.05, 0) is 12.8 Å². The summed E-state index contributed by atoms with van der Waals surface area (Å²) in [4.78, 5) is 24.4. The summed E-state index contributed by atoms with van der Waals surface area (Å²) < 4.78 is 11.5. The van der Waals surface area contributed by atoms with Gasteiger partial charge in [-0.3, -0.25) is 9.36 Å². The molecule has 0 saturated heterocycles. The predicted molar refractivity (Wildman–Crippen MR) is 73.6 cm³/mol. The second-order valence-electron chi connectivity index (χ2n) is 4.86. The molecule has 108 valence electrons. The number of hydrogen-bond acceptors (Lipinski definition) is 5. The van der Waals surface area contributed by atoms with Crippen LogP contribution in [0.15, 0.2) is 22.8 Å². The lowest BCUT2D eigenvalue weighted by atomic mass is 10.0. The molecule has 0 spiro atoms. The van der Waals surface area contributed by atoms with E-state index in [1.807, 2.05) is 13.8 Å². The van der Waals surface area contributed by atoms with Gasteiger partial charge in [-0.2, -0.15) is 0 Å². The normalized spacial score (nSPS) is 12.8. The Labute approximate surface area is 116 Å². The maximum atomic E-state index is 12.5. The molecule has 0 aliphatic rings.